The van der Waals surface area contributed by atoms with Crippen LogP contribution in [0.25, 0.3) is 10.9 Å². The maximum atomic E-state index is 11.8. The molecule has 2 rings (SSSR count). The lowest BCUT2D eigenvalue weighted by Gasteiger charge is -2.09. The second-order valence-corrected chi connectivity index (χ2v) is 5.33. The van der Waals surface area contributed by atoms with E-state index in [2.05, 4.69) is 20.9 Å². The van der Waals surface area contributed by atoms with E-state index < -0.39 is 5.97 Å². The largest absolute Gasteiger partial charge is 0.461 e. The number of pyridine rings is 1. The molecule has 0 aliphatic heterocycles. The molecule has 2 aromatic rings. The van der Waals surface area contributed by atoms with Crippen LogP contribution in [-0.4, -0.2) is 23.3 Å². The molecule has 0 atom stereocenters. The van der Waals surface area contributed by atoms with Crippen molar-refractivity contribution in [2.75, 3.05) is 6.61 Å². The molecule has 0 bridgehead atoms. The van der Waals surface area contributed by atoms with E-state index in [0.717, 1.165) is 10.9 Å². The Hall–Kier alpha value is -1.75. The van der Waals surface area contributed by atoms with Gasteiger partial charge < -0.3 is 4.74 Å². The number of ether oxygens (including phenoxy) is 1. The average molecular weight is 336 g/mol. The van der Waals surface area contributed by atoms with Crippen LogP contribution in [0.2, 0.25) is 0 Å². The number of esters is 1. The summed E-state index contributed by atoms with van der Waals surface area (Å²) in [6.45, 7) is 5.43. The van der Waals surface area contributed by atoms with Crippen molar-refractivity contribution in [1.82, 2.24) is 4.98 Å². The van der Waals surface area contributed by atoms with Crippen molar-refractivity contribution >= 4 is 38.6 Å². The molecule has 1 aromatic heterocycles. The molecule has 0 spiro atoms. The molecule has 104 valence electrons. The van der Waals surface area contributed by atoms with Gasteiger partial charge in [0.05, 0.1) is 16.6 Å². The van der Waals surface area contributed by atoms with Crippen molar-refractivity contribution in [3.8, 4) is 0 Å². The minimum absolute atomic E-state index is 0.0312. The lowest BCUT2D eigenvalue weighted by atomic mass is 10.0. The lowest BCUT2D eigenvalue weighted by Crippen LogP contribution is -2.09. The monoisotopic (exact) mass is 335 g/mol. The minimum Gasteiger partial charge on any atom is -0.461 e. The van der Waals surface area contributed by atoms with E-state index in [0.29, 0.717) is 15.6 Å². The quantitative estimate of drug-likeness (QED) is 0.634. The number of fused-ring (bicyclic) bond motifs is 1. The standard InChI is InChI=1S/C15H14BrNO3/c1-4-20-15(19)14-12(16)7-11-10(9(3)18)5-8(2)6-13(11)17-14/h5-7H,4H2,1-3H3. The van der Waals surface area contributed by atoms with Gasteiger partial charge in [0, 0.05) is 10.9 Å². The number of ketones is 1. The molecule has 0 fully saturated rings. The second-order valence-electron chi connectivity index (χ2n) is 4.47. The van der Waals surface area contributed by atoms with Gasteiger partial charge in [-0.15, -0.1) is 0 Å². The molecule has 0 amide bonds. The molecule has 0 aliphatic carbocycles. The molecule has 1 heterocycles. The van der Waals surface area contributed by atoms with E-state index in [1.165, 1.54) is 6.92 Å². The molecular weight excluding hydrogens is 322 g/mol. The van der Waals surface area contributed by atoms with E-state index in [9.17, 15) is 9.59 Å². The summed E-state index contributed by atoms with van der Waals surface area (Å²) in [7, 11) is 0. The number of carbonyl (C=O) groups is 2. The number of hydrogen-bond donors (Lipinski definition) is 0. The van der Waals surface area contributed by atoms with Crippen LogP contribution in [0.15, 0.2) is 22.7 Å². The third-order valence-corrected chi connectivity index (χ3v) is 3.48. The zero-order valence-corrected chi connectivity index (χ0v) is 13.1. The fourth-order valence-corrected chi connectivity index (χ4v) is 2.50. The van der Waals surface area contributed by atoms with Crippen molar-refractivity contribution in [3.63, 3.8) is 0 Å². The molecule has 20 heavy (non-hydrogen) atoms. The Morgan fingerprint density at radius 1 is 1.30 bits per heavy atom. The summed E-state index contributed by atoms with van der Waals surface area (Å²) in [5, 5.41) is 0.725. The van der Waals surface area contributed by atoms with Crippen LogP contribution < -0.4 is 0 Å². The van der Waals surface area contributed by atoms with E-state index >= 15 is 0 Å². The predicted molar refractivity (Wildman–Crippen MR) is 80.1 cm³/mol. The van der Waals surface area contributed by atoms with Crippen molar-refractivity contribution < 1.29 is 14.3 Å². The van der Waals surface area contributed by atoms with Crippen LogP contribution in [0.1, 0.15) is 40.3 Å². The van der Waals surface area contributed by atoms with Crippen LogP contribution in [0, 0.1) is 6.92 Å². The van der Waals surface area contributed by atoms with Crippen LogP contribution in [-0.2, 0) is 4.74 Å². The number of rotatable bonds is 3. The molecular formula is C15H14BrNO3. The van der Waals surface area contributed by atoms with E-state index in [4.69, 9.17) is 4.74 Å². The average Bonchev–Trinajstić information content (AvgIpc) is 2.37. The number of hydrogen-bond acceptors (Lipinski definition) is 4. The number of benzene rings is 1. The fraction of sp³-hybridized carbons (Fsp3) is 0.267. The number of aryl methyl sites for hydroxylation is 1. The van der Waals surface area contributed by atoms with Gasteiger partial charge in [-0.2, -0.15) is 0 Å². The van der Waals surface area contributed by atoms with Gasteiger partial charge in [-0.25, -0.2) is 9.78 Å². The van der Waals surface area contributed by atoms with Gasteiger partial charge in [-0.3, -0.25) is 4.79 Å². The first-order valence-corrected chi connectivity index (χ1v) is 7.02. The summed E-state index contributed by atoms with van der Waals surface area (Å²) in [5.41, 5.74) is 2.36. The van der Waals surface area contributed by atoms with E-state index in [1.807, 2.05) is 19.1 Å². The van der Waals surface area contributed by atoms with Gasteiger partial charge in [0.15, 0.2) is 11.5 Å². The topological polar surface area (TPSA) is 56.3 Å². The number of Topliss-reactive ketones (excluding diaryl/α,β-unsaturated/α-hetero) is 1. The maximum Gasteiger partial charge on any atom is 0.358 e. The molecule has 1 aromatic carbocycles. The number of nitrogens with zero attached hydrogens (tertiary/aromatic N) is 1. The maximum absolute atomic E-state index is 11.8. The highest BCUT2D eigenvalue weighted by Gasteiger charge is 2.17. The highest BCUT2D eigenvalue weighted by Crippen LogP contribution is 2.26. The van der Waals surface area contributed by atoms with Crippen LogP contribution in [0.3, 0.4) is 0 Å². The summed E-state index contributed by atoms with van der Waals surface area (Å²) < 4.78 is 5.49. The normalized spacial score (nSPS) is 10.6. The van der Waals surface area contributed by atoms with Crippen molar-refractivity contribution in [2.45, 2.75) is 20.8 Å². The Labute approximate surface area is 125 Å². The van der Waals surface area contributed by atoms with Gasteiger partial charge >= 0.3 is 5.97 Å². The zero-order valence-electron chi connectivity index (χ0n) is 11.5. The van der Waals surface area contributed by atoms with Crippen LogP contribution in [0.4, 0.5) is 0 Å². The molecule has 0 N–H and O–H groups in total. The number of halogens is 1. The van der Waals surface area contributed by atoms with Crippen LogP contribution in [0.5, 0.6) is 0 Å². The SMILES string of the molecule is CCOC(=O)c1nc2cc(C)cc(C(C)=O)c2cc1Br. The van der Waals surface area contributed by atoms with Gasteiger partial charge in [-0.05, 0) is 60.5 Å². The summed E-state index contributed by atoms with van der Waals surface area (Å²) in [5.74, 6) is -0.511. The van der Waals surface area contributed by atoms with Gasteiger partial charge in [0.25, 0.3) is 0 Å². The first kappa shape index (κ1) is 14.7. The number of aromatic nitrogens is 1. The Morgan fingerprint density at radius 3 is 2.60 bits per heavy atom. The molecule has 0 saturated heterocycles. The smallest absolute Gasteiger partial charge is 0.358 e. The molecule has 0 aliphatic rings. The van der Waals surface area contributed by atoms with Crippen molar-refractivity contribution in [2.24, 2.45) is 0 Å². The predicted octanol–water partition coefficient (Wildman–Crippen LogP) is 3.69. The summed E-state index contributed by atoms with van der Waals surface area (Å²) in [6.07, 6.45) is 0. The van der Waals surface area contributed by atoms with E-state index in [-0.39, 0.29) is 18.1 Å². The molecule has 0 saturated carbocycles. The highest BCUT2D eigenvalue weighted by atomic mass is 79.9. The van der Waals surface area contributed by atoms with Gasteiger partial charge in [0.2, 0.25) is 0 Å². The van der Waals surface area contributed by atoms with Gasteiger partial charge in [-0.1, -0.05) is 0 Å². The Bertz CT molecular complexity index is 710. The second kappa shape index (κ2) is 5.71. The zero-order chi connectivity index (χ0) is 14.9. The summed E-state index contributed by atoms with van der Waals surface area (Å²) in [4.78, 5) is 27.9. The first-order chi connectivity index (χ1) is 9.43. The van der Waals surface area contributed by atoms with E-state index in [1.54, 1.807) is 13.0 Å². The van der Waals surface area contributed by atoms with Crippen molar-refractivity contribution in [1.29, 1.82) is 0 Å². The van der Waals surface area contributed by atoms with Crippen LogP contribution >= 0.6 is 15.9 Å². The Kier molecular flexibility index (Phi) is 4.18. The van der Waals surface area contributed by atoms with Gasteiger partial charge in [0.1, 0.15) is 0 Å². The minimum atomic E-state index is -0.479. The van der Waals surface area contributed by atoms with Crippen molar-refractivity contribution in [3.05, 3.63) is 39.5 Å². The third kappa shape index (κ3) is 2.72. The number of carbonyl (C=O) groups excluding carboxylic acids is 2. The lowest BCUT2D eigenvalue weighted by molar-refractivity contribution is 0.0518. The molecule has 5 heteroatoms. The highest BCUT2D eigenvalue weighted by molar-refractivity contribution is 9.10. The Balaban J connectivity index is 2.71. The third-order valence-electron chi connectivity index (χ3n) is 2.88. The molecule has 0 unspecified atom stereocenters. The summed E-state index contributed by atoms with van der Waals surface area (Å²) >= 11 is 3.32. The molecule has 4 nitrogen and oxygen atoms in total. The molecule has 0 radical (unpaired) electrons. The first-order valence-electron chi connectivity index (χ1n) is 6.23. The summed E-state index contributed by atoms with van der Waals surface area (Å²) in [6, 6.07) is 5.41. The Morgan fingerprint density at radius 2 is 2.00 bits per heavy atom. The fourth-order valence-electron chi connectivity index (χ4n) is 2.03.